The van der Waals surface area contributed by atoms with Crippen LogP contribution in [-0.4, -0.2) is 42.9 Å². The number of urea groups is 1. The first-order valence-electron chi connectivity index (χ1n) is 9.05. The molecule has 0 saturated carbocycles. The molecule has 4 amide bonds. The summed E-state index contributed by atoms with van der Waals surface area (Å²) in [6.07, 6.45) is 0. The number of nitrogens with one attached hydrogen (secondary N) is 3. The van der Waals surface area contributed by atoms with E-state index in [1.807, 2.05) is 26.0 Å². The van der Waals surface area contributed by atoms with Gasteiger partial charge in [0.15, 0.2) is 0 Å². The van der Waals surface area contributed by atoms with E-state index in [1.165, 1.54) is 0 Å². The Labute approximate surface area is 165 Å². The van der Waals surface area contributed by atoms with E-state index in [4.69, 9.17) is 0 Å². The predicted octanol–water partition coefficient (Wildman–Crippen LogP) is 2.85. The fourth-order valence-corrected chi connectivity index (χ4v) is 2.66. The zero-order valence-electron chi connectivity index (χ0n) is 16.6. The summed E-state index contributed by atoms with van der Waals surface area (Å²) < 4.78 is 0. The molecule has 7 heteroatoms. The molecule has 2 rings (SSSR count). The molecule has 0 spiro atoms. The molecule has 3 N–H and O–H groups in total. The quantitative estimate of drug-likeness (QED) is 0.717. The van der Waals surface area contributed by atoms with E-state index in [0.717, 1.165) is 5.56 Å². The Kier molecular flexibility index (Phi) is 7.14. The van der Waals surface area contributed by atoms with Gasteiger partial charge < -0.3 is 20.9 Å². The molecule has 0 aliphatic heterocycles. The van der Waals surface area contributed by atoms with Crippen molar-refractivity contribution in [2.24, 2.45) is 0 Å². The summed E-state index contributed by atoms with van der Waals surface area (Å²) in [6.45, 7) is 4.10. The smallest absolute Gasteiger partial charge is 0.319 e. The third-order valence-electron chi connectivity index (χ3n) is 4.04. The molecular formula is C21H26N4O3. The summed E-state index contributed by atoms with van der Waals surface area (Å²) in [5.41, 5.74) is 2.32. The van der Waals surface area contributed by atoms with Crippen molar-refractivity contribution in [3.05, 3.63) is 65.2 Å². The Morgan fingerprint density at radius 3 is 2.25 bits per heavy atom. The average molecular weight is 382 g/mol. The largest absolute Gasteiger partial charge is 0.355 e. The maximum absolute atomic E-state index is 12.9. The van der Waals surface area contributed by atoms with E-state index in [-0.39, 0.29) is 23.9 Å². The van der Waals surface area contributed by atoms with Crippen molar-refractivity contribution in [2.75, 3.05) is 19.4 Å². The summed E-state index contributed by atoms with van der Waals surface area (Å²) >= 11 is 0. The fourth-order valence-electron chi connectivity index (χ4n) is 2.66. The zero-order chi connectivity index (χ0) is 20.7. The summed E-state index contributed by atoms with van der Waals surface area (Å²) in [6, 6.07) is 13.6. The van der Waals surface area contributed by atoms with Crippen molar-refractivity contribution in [2.45, 2.75) is 26.4 Å². The van der Waals surface area contributed by atoms with Crippen LogP contribution in [0.3, 0.4) is 0 Å². The van der Waals surface area contributed by atoms with Crippen molar-refractivity contribution in [1.82, 2.24) is 15.5 Å². The van der Waals surface area contributed by atoms with Crippen LogP contribution in [0.1, 0.15) is 40.1 Å². The highest BCUT2D eigenvalue weighted by molar-refractivity contribution is 6.03. The first kappa shape index (κ1) is 21.0. The number of benzene rings is 2. The molecule has 0 aliphatic rings. The first-order chi connectivity index (χ1) is 13.3. The SMILES string of the molecule is CNC(=O)c1ccc(CN(C)C(=O)c2ccccc2NC(=O)NC(C)C)cc1. The monoisotopic (exact) mass is 382 g/mol. The predicted molar refractivity (Wildman–Crippen MR) is 109 cm³/mol. The molecule has 0 heterocycles. The molecule has 7 nitrogen and oxygen atoms in total. The number of carbonyl (C=O) groups is 3. The van der Waals surface area contributed by atoms with Crippen LogP contribution in [0.5, 0.6) is 0 Å². The standard InChI is InChI=1S/C21H26N4O3/c1-14(2)23-21(28)24-18-8-6-5-7-17(18)20(27)25(4)13-15-9-11-16(12-10-15)19(26)22-3/h5-12,14H,13H2,1-4H3,(H,22,26)(H2,23,24,28). The maximum Gasteiger partial charge on any atom is 0.319 e. The van der Waals surface area contributed by atoms with Crippen molar-refractivity contribution in [3.8, 4) is 0 Å². The van der Waals surface area contributed by atoms with Crippen molar-refractivity contribution in [1.29, 1.82) is 0 Å². The zero-order valence-corrected chi connectivity index (χ0v) is 16.6. The van der Waals surface area contributed by atoms with Gasteiger partial charge >= 0.3 is 6.03 Å². The minimum absolute atomic E-state index is 0.0108. The second-order valence-corrected chi connectivity index (χ2v) is 6.74. The number of carbonyl (C=O) groups excluding carboxylic acids is 3. The molecule has 0 saturated heterocycles. The molecule has 2 aromatic rings. The molecule has 0 atom stereocenters. The van der Waals surface area contributed by atoms with Gasteiger partial charge in [-0.3, -0.25) is 9.59 Å². The third kappa shape index (κ3) is 5.57. The lowest BCUT2D eigenvalue weighted by molar-refractivity contribution is 0.0785. The van der Waals surface area contributed by atoms with Gasteiger partial charge in [-0.15, -0.1) is 0 Å². The summed E-state index contributed by atoms with van der Waals surface area (Å²) in [5.74, 6) is -0.369. The van der Waals surface area contributed by atoms with Crippen LogP contribution in [0.25, 0.3) is 0 Å². The number of rotatable bonds is 6. The molecule has 2 aromatic carbocycles. The van der Waals surface area contributed by atoms with Crippen LogP contribution in [0.15, 0.2) is 48.5 Å². The number of nitrogens with zero attached hydrogens (tertiary/aromatic N) is 1. The number of hydrogen-bond acceptors (Lipinski definition) is 3. The molecule has 0 fully saturated rings. The van der Waals surface area contributed by atoms with Gasteiger partial charge in [0.2, 0.25) is 0 Å². The summed E-state index contributed by atoms with van der Waals surface area (Å²) in [4.78, 5) is 38.1. The van der Waals surface area contributed by atoms with E-state index in [1.54, 1.807) is 55.4 Å². The van der Waals surface area contributed by atoms with Gasteiger partial charge in [0.25, 0.3) is 11.8 Å². The second kappa shape index (κ2) is 9.55. The van der Waals surface area contributed by atoms with Gasteiger partial charge in [-0.05, 0) is 43.7 Å². The van der Waals surface area contributed by atoms with E-state index in [2.05, 4.69) is 16.0 Å². The van der Waals surface area contributed by atoms with Crippen LogP contribution in [0.2, 0.25) is 0 Å². The molecule has 28 heavy (non-hydrogen) atoms. The van der Waals surface area contributed by atoms with Gasteiger partial charge in [0, 0.05) is 32.2 Å². The average Bonchev–Trinajstić information content (AvgIpc) is 2.67. The van der Waals surface area contributed by atoms with Crippen LogP contribution >= 0.6 is 0 Å². The van der Waals surface area contributed by atoms with Gasteiger partial charge in [-0.2, -0.15) is 0 Å². The molecule has 0 unspecified atom stereocenters. The Morgan fingerprint density at radius 2 is 1.64 bits per heavy atom. The topological polar surface area (TPSA) is 90.5 Å². The maximum atomic E-state index is 12.9. The van der Waals surface area contributed by atoms with Gasteiger partial charge in [-0.1, -0.05) is 24.3 Å². The summed E-state index contributed by atoms with van der Waals surface area (Å²) in [7, 11) is 3.27. The molecule has 148 valence electrons. The minimum Gasteiger partial charge on any atom is -0.355 e. The van der Waals surface area contributed by atoms with Gasteiger partial charge in [0.05, 0.1) is 11.3 Å². The Bertz CT molecular complexity index is 847. The van der Waals surface area contributed by atoms with E-state index in [9.17, 15) is 14.4 Å². The lowest BCUT2D eigenvalue weighted by Crippen LogP contribution is -2.35. The molecular weight excluding hydrogens is 356 g/mol. The van der Waals surface area contributed by atoms with Crippen molar-refractivity contribution < 1.29 is 14.4 Å². The highest BCUT2D eigenvalue weighted by Crippen LogP contribution is 2.18. The first-order valence-corrected chi connectivity index (χ1v) is 9.05. The van der Waals surface area contributed by atoms with Crippen LogP contribution < -0.4 is 16.0 Å². The molecule has 0 aromatic heterocycles. The minimum atomic E-state index is -0.359. The highest BCUT2D eigenvalue weighted by Gasteiger charge is 2.17. The molecule has 0 bridgehead atoms. The Balaban J connectivity index is 2.10. The lowest BCUT2D eigenvalue weighted by atomic mass is 10.1. The van der Waals surface area contributed by atoms with E-state index < -0.39 is 0 Å². The van der Waals surface area contributed by atoms with Crippen molar-refractivity contribution >= 4 is 23.5 Å². The van der Waals surface area contributed by atoms with E-state index >= 15 is 0 Å². The molecule has 0 aliphatic carbocycles. The van der Waals surface area contributed by atoms with E-state index in [0.29, 0.717) is 23.4 Å². The van der Waals surface area contributed by atoms with Gasteiger partial charge in [-0.25, -0.2) is 4.79 Å². The Hall–Kier alpha value is -3.35. The Morgan fingerprint density at radius 1 is 1.00 bits per heavy atom. The van der Waals surface area contributed by atoms with Crippen LogP contribution in [-0.2, 0) is 6.54 Å². The highest BCUT2D eigenvalue weighted by atomic mass is 16.2. The number of para-hydroxylation sites is 1. The van der Waals surface area contributed by atoms with Crippen molar-refractivity contribution in [3.63, 3.8) is 0 Å². The number of hydrogen-bond donors (Lipinski definition) is 3. The lowest BCUT2D eigenvalue weighted by Gasteiger charge is -2.20. The van der Waals surface area contributed by atoms with Gasteiger partial charge in [0.1, 0.15) is 0 Å². The number of anilines is 1. The normalized spacial score (nSPS) is 10.3. The van der Waals surface area contributed by atoms with Crippen LogP contribution in [0, 0.1) is 0 Å². The molecule has 0 radical (unpaired) electrons. The fraction of sp³-hybridized carbons (Fsp3) is 0.286. The van der Waals surface area contributed by atoms with Crippen LogP contribution in [0.4, 0.5) is 10.5 Å². The number of amides is 4. The summed E-state index contributed by atoms with van der Waals surface area (Å²) in [5, 5.41) is 8.04. The second-order valence-electron chi connectivity index (χ2n) is 6.74. The third-order valence-corrected chi connectivity index (χ3v) is 4.04.